The van der Waals surface area contributed by atoms with Gasteiger partial charge in [-0.1, -0.05) is 6.07 Å². The highest BCUT2D eigenvalue weighted by Crippen LogP contribution is 2.35. The van der Waals surface area contributed by atoms with Crippen molar-refractivity contribution in [1.29, 1.82) is 0 Å². The summed E-state index contributed by atoms with van der Waals surface area (Å²) in [5.74, 6) is 1.36. The summed E-state index contributed by atoms with van der Waals surface area (Å²) in [5, 5.41) is 0. The minimum atomic E-state index is 0.571. The first kappa shape index (κ1) is 14.6. The SMILES string of the molecule is Nc1ccc(Oc2ccc(N)c(-c3ccc(N)cc3N)c2)cc1. The molecule has 23 heavy (non-hydrogen) atoms. The molecule has 0 saturated carbocycles. The van der Waals surface area contributed by atoms with Gasteiger partial charge in [-0.05, 0) is 54.6 Å². The van der Waals surface area contributed by atoms with Crippen LogP contribution in [0, 0.1) is 0 Å². The predicted octanol–water partition coefficient (Wildman–Crippen LogP) is 3.47. The van der Waals surface area contributed by atoms with Gasteiger partial charge in [0.25, 0.3) is 0 Å². The standard InChI is InChI=1S/C18H18N4O/c19-11-1-4-13(5-2-11)23-14-6-8-17(21)16(10-14)15-7-3-12(20)9-18(15)22/h1-10H,19-22H2. The van der Waals surface area contributed by atoms with Gasteiger partial charge in [0, 0.05) is 33.9 Å². The molecule has 0 radical (unpaired) electrons. The van der Waals surface area contributed by atoms with Crippen molar-refractivity contribution >= 4 is 22.7 Å². The summed E-state index contributed by atoms with van der Waals surface area (Å²) in [4.78, 5) is 0. The van der Waals surface area contributed by atoms with Crippen molar-refractivity contribution in [3.05, 3.63) is 60.7 Å². The summed E-state index contributed by atoms with van der Waals surface area (Å²) in [6.07, 6.45) is 0. The lowest BCUT2D eigenvalue weighted by molar-refractivity contribution is 0.483. The minimum Gasteiger partial charge on any atom is -0.457 e. The Morgan fingerprint density at radius 1 is 0.522 bits per heavy atom. The molecule has 0 saturated heterocycles. The van der Waals surface area contributed by atoms with Crippen LogP contribution < -0.4 is 27.7 Å². The zero-order valence-corrected chi connectivity index (χ0v) is 12.5. The molecule has 0 heterocycles. The van der Waals surface area contributed by atoms with Crippen molar-refractivity contribution in [3.63, 3.8) is 0 Å². The monoisotopic (exact) mass is 306 g/mol. The molecule has 5 nitrogen and oxygen atoms in total. The number of ether oxygens (including phenoxy) is 1. The van der Waals surface area contributed by atoms with Gasteiger partial charge in [-0.2, -0.15) is 0 Å². The summed E-state index contributed by atoms with van der Waals surface area (Å²) in [6.45, 7) is 0. The van der Waals surface area contributed by atoms with Crippen LogP contribution in [0.2, 0.25) is 0 Å². The maximum Gasteiger partial charge on any atom is 0.128 e. The van der Waals surface area contributed by atoms with E-state index >= 15 is 0 Å². The van der Waals surface area contributed by atoms with E-state index in [1.165, 1.54) is 0 Å². The second-order valence-electron chi connectivity index (χ2n) is 5.27. The summed E-state index contributed by atoms with van der Waals surface area (Å²) >= 11 is 0. The topological polar surface area (TPSA) is 113 Å². The molecule has 5 heteroatoms. The Bertz CT molecular complexity index is 844. The van der Waals surface area contributed by atoms with E-state index in [0.717, 1.165) is 11.1 Å². The lowest BCUT2D eigenvalue weighted by atomic mass is 10.0. The molecule has 116 valence electrons. The van der Waals surface area contributed by atoms with E-state index in [0.29, 0.717) is 34.2 Å². The van der Waals surface area contributed by atoms with Gasteiger partial charge >= 0.3 is 0 Å². The third kappa shape index (κ3) is 3.13. The molecular weight excluding hydrogens is 288 g/mol. The molecule has 0 atom stereocenters. The van der Waals surface area contributed by atoms with Crippen molar-refractivity contribution in [2.75, 3.05) is 22.9 Å². The average Bonchev–Trinajstić information content (AvgIpc) is 2.52. The van der Waals surface area contributed by atoms with Gasteiger partial charge in [0.05, 0.1) is 0 Å². The fraction of sp³-hybridized carbons (Fsp3) is 0. The van der Waals surface area contributed by atoms with E-state index in [1.54, 1.807) is 30.3 Å². The number of anilines is 4. The molecule has 0 bridgehead atoms. The maximum atomic E-state index is 6.08. The van der Waals surface area contributed by atoms with Crippen molar-refractivity contribution in [2.24, 2.45) is 0 Å². The largest absolute Gasteiger partial charge is 0.457 e. The van der Waals surface area contributed by atoms with E-state index in [-0.39, 0.29) is 0 Å². The average molecular weight is 306 g/mol. The highest BCUT2D eigenvalue weighted by molar-refractivity contribution is 5.86. The Labute approximate surface area is 134 Å². The van der Waals surface area contributed by atoms with Crippen molar-refractivity contribution in [1.82, 2.24) is 0 Å². The third-order valence-electron chi connectivity index (χ3n) is 3.51. The van der Waals surface area contributed by atoms with E-state index in [1.807, 2.05) is 30.3 Å². The maximum absolute atomic E-state index is 6.08. The highest BCUT2D eigenvalue weighted by Gasteiger charge is 2.09. The van der Waals surface area contributed by atoms with Crippen LogP contribution >= 0.6 is 0 Å². The summed E-state index contributed by atoms with van der Waals surface area (Å²) < 4.78 is 5.84. The molecule has 0 spiro atoms. The van der Waals surface area contributed by atoms with E-state index in [2.05, 4.69) is 0 Å². The smallest absolute Gasteiger partial charge is 0.128 e. The second-order valence-corrected chi connectivity index (χ2v) is 5.27. The first-order valence-corrected chi connectivity index (χ1v) is 7.11. The van der Waals surface area contributed by atoms with Crippen LogP contribution in [0.25, 0.3) is 11.1 Å². The normalized spacial score (nSPS) is 10.4. The molecule has 0 fully saturated rings. The van der Waals surface area contributed by atoms with Crippen molar-refractivity contribution < 1.29 is 4.74 Å². The Kier molecular flexibility index (Phi) is 3.68. The van der Waals surface area contributed by atoms with Gasteiger partial charge in [-0.25, -0.2) is 0 Å². The first-order valence-electron chi connectivity index (χ1n) is 7.11. The zero-order chi connectivity index (χ0) is 16.4. The highest BCUT2D eigenvalue weighted by atomic mass is 16.5. The molecule has 0 aliphatic rings. The number of benzene rings is 3. The molecule has 3 aromatic rings. The predicted molar refractivity (Wildman–Crippen MR) is 96.0 cm³/mol. The molecule has 8 N–H and O–H groups in total. The number of nitrogens with two attached hydrogens (primary N) is 4. The zero-order valence-electron chi connectivity index (χ0n) is 12.5. The van der Waals surface area contributed by atoms with Gasteiger partial charge < -0.3 is 27.7 Å². The van der Waals surface area contributed by atoms with Gasteiger partial charge in [0.2, 0.25) is 0 Å². The number of hydrogen-bond acceptors (Lipinski definition) is 5. The quantitative estimate of drug-likeness (QED) is 0.553. The lowest BCUT2D eigenvalue weighted by Gasteiger charge is -2.12. The minimum absolute atomic E-state index is 0.571. The van der Waals surface area contributed by atoms with E-state index in [9.17, 15) is 0 Å². The fourth-order valence-electron chi connectivity index (χ4n) is 2.33. The van der Waals surface area contributed by atoms with Gasteiger partial charge in [-0.3, -0.25) is 0 Å². The van der Waals surface area contributed by atoms with E-state index in [4.69, 9.17) is 27.7 Å². The lowest BCUT2D eigenvalue weighted by Crippen LogP contribution is -1.97. The Morgan fingerprint density at radius 3 is 1.87 bits per heavy atom. The van der Waals surface area contributed by atoms with Crippen LogP contribution in [0.1, 0.15) is 0 Å². The number of rotatable bonds is 3. The molecule has 0 aliphatic carbocycles. The Morgan fingerprint density at radius 2 is 1.17 bits per heavy atom. The molecular formula is C18H18N4O. The first-order chi connectivity index (χ1) is 11.0. The molecule has 0 amide bonds. The van der Waals surface area contributed by atoms with Crippen LogP contribution in [-0.2, 0) is 0 Å². The van der Waals surface area contributed by atoms with Crippen LogP contribution in [0.5, 0.6) is 11.5 Å². The third-order valence-corrected chi connectivity index (χ3v) is 3.51. The second kappa shape index (κ2) is 5.81. The molecule has 0 unspecified atom stereocenters. The van der Waals surface area contributed by atoms with Crippen LogP contribution in [0.4, 0.5) is 22.7 Å². The molecule has 3 aromatic carbocycles. The molecule has 3 rings (SSSR count). The summed E-state index contributed by atoms with van der Waals surface area (Å²) in [5.41, 5.74) is 27.7. The Hall–Kier alpha value is -3.34. The fourth-order valence-corrected chi connectivity index (χ4v) is 2.33. The molecule has 0 aliphatic heterocycles. The van der Waals surface area contributed by atoms with Crippen LogP contribution in [-0.4, -0.2) is 0 Å². The summed E-state index contributed by atoms with van der Waals surface area (Å²) in [7, 11) is 0. The van der Waals surface area contributed by atoms with Crippen LogP contribution in [0.3, 0.4) is 0 Å². The number of hydrogen-bond donors (Lipinski definition) is 4. The number of nitrogen functional groups attached to an aromatic ring is 4. The Balaban J connectivity index is 1.97. The van der Waals surface area contributed by atoms with Gasteiger partial charge in [-0.15, -0.1) is 0 Å². The van der Waals surface area contributed by atoms with E-state index < -0.39 is 0 Å². The van der Waals surface area contributed by atoms with Crippen LogP contribution in [0.15, 0.2) is 60.7 Å². The summed E-state index contributed by atoms with van der Waals surface area (Å²) in [6, 6.07) is 18.0. The molecule has 0 aromatic heterocycles. The van der Waals surface area contributed by atoms with Crippen molar-refractivity contribution in [2.45, 2.75) is 0 Å². The van der Waals surface area contributed by atoms with Crippen molar-refractivity contribution in [3.8, 4) is 22.6 Å². The van der Waals surface area contributed by atoms with Gasteiger partial charge in [0.1, 0.15) is 11.5 Å². The van der Waals surface area contributed by atoms with Gasteiger partial charge in [0.15, 0.2) is 0 Å².